The first kappa shape index (κ1) is 13.9. The van der Waals surface area contributed by atoms with Crippen LogP contribution in [0, 0.1) is 5.92 Å². The van der Waals surface area contributed by atoms with Crippen LogP contribution in [-0.4, -0.2) is 49.3 Å². The van der Waals surface area contributed by atoms with Crippen LogP contribution in [0.4, 0.5) is 0 Å². The second-order valence-electron chi connectivity index (χ2n) is 5.89. The van der Waals surface area contributed by atoms with Gasteiger partial charge >= 0.3 is 0 Å². The third-order valence-corrected chi connectivity index (χ3v) is 3.89. The maximum Gasteiger partial charge on any atom is 0.226 e. The van der Waals surface area contributed by atoms with Gasteiger partial charge in [-0.3, -0.25) is 14.9 Å². The average Bonchev–Trinajstić information content (AvgIpc) is 2.35. The lowest BCUT2D eigenvalue weighted by Gasteiger charge is -2.48. The van der Waals surface area contributed by atoms with Crippen molar-refractivity contribution in [2.45, 2.75) is 50.8 Å². The quantitative estimate of drug-likeness (QED) is 0.679. The summed E-state index contributed by atoms with van der Waals surface area (Å²) in [5, 5.41) is 2.31. The second kappa shape index (κ2) is 5.07. The molecule has 0 radical (unpaired) electrons. The van der Waals surface area contributed by atoms with Crippen molar-refractivity contribution in [3.8, 4) is 0 Å². The number of rotatable bonds is 1. The molecule has 2 amide bonds. The Kier molecular flexibility index (Phi) is 3.53. The number of imide groups is 1. The lowest BCUT2D eigenvalue weighted by Crippen LogP contribution is -2.60. The Labute approximate surface area is 116 Å². The fraction of sp³-hybridized carbons (Fsp3) is 0.846. The molecule has 3 aliphatic rings. The van der Waals surface area contributed by atoms with Gasteiger partial charge < -0.3 is 18.9 Å². The highest BCUT2D eigenvalue weighted by Crippen LogP contribution is 2.35. The molecular weight excluding hydrogens is 266 g/mol. The molecule has 7 heteroatoms. The number of hydrogen-bond acceptors (Lipinski definition) is 6. The van der Waals surface area contributed by atoms with E-state index < -0.39 is 5.79 Å². The fourth-order valence-corrected chi connectivity index (χ4v) is 2.98. The summed E-state index contributed by atoms with van der Waals surface area (Å²) < 4.78 is 22.6. The molecule has 3 aliphatic heterocycles. The first-order valence-electron chi connectivity index (χ1n) is 6.82. The van der Waals surface area contributed by atoms with Crippen LogP contribution in [0.3, 0.4) is 0 Å². The summed E-state index contributed by atoms with van der Waals surface area (Å²) in [4.78, 5) is 23.1. The molecule has 3 fully saturated rings. The van der Waals surface area contributed by atoms with Gasteiger partial charge in [0.1, 0.15) is 19.0 Å². The van der Waals surface area contributed by atoms with Crippen molar-refractivity contribution in [3.63, 3.8) is 0 Å². The van der Waals surface area contributed by atoms with Gasteiger partial charge in [0, 0.05) is 18.8 Å². The maximum absolute atomic E-state index is 11.5. The molecule has 0 aliphatic carbocycles. The van der Waals surface area contributed by atoms with E-state index in [4.69, 9.17) is 18.9 Å². The standard InChI is InChI=1S/C13H19NO6/c1-13(2)19-5-8-12(20-13)11(18-6-17-8)7-3-9(15)14-10(16)4-7/h7-8,11-12H,3-6H2,1-2H3,(H,14,15,16). The number of fused-ring (bicyclic) bond motifs is 1. The number of amides is 2. The summed E-state index contributed by atoms with van der Waals surface area (Å²) in [5.41, 5.74) is 0. The Morgan fingerprint density at radius 1 is 1.10 bits per heavy atom. The van der Waals surface area contributed by atoms with Gasteiger partial charge in [0.25, 0.3) is 0 Å². The fourth-order valence-electron chi connectivity index (χ4n) is 2.98. The van der Waals surface area contributed by atoms with Crippen molar-refractivity contribution in [2.75, 3.05) is 13.4 Å². The number of nitrogens with one attached hydrogen (secondary N) is 1. The summed E-state index contributed by atoms with van der Waals surface area (Å²) in [6.45, 7) is 4.21. The molecule has 3 unspecified atom stereocenters. The monoisotopic (exact) mass is 285 g/mol. The van der Waals surface area contributed by atoms with Crippen LogP contribution in [0.25, 0.3) is 0 Å². The predicted molar refractivity (Wildman–Crippen MR) is 65.4 cm³/mol. The van der Waals surface area contributed by atoms with Crippen molar-refractivity contribution in [3.05, 3.63) is 0 Å². The van der Waals surface area contributed by atoms with Crippen LogP contribution >= 0.6 is 0 Å². The number of ether oxygens (including phenoxy) is 4. The number of piperidine rings is 1. The third-order valence-electron chi connectivity index (χ3n) is 3.89. The van der Waals surface area contributed by atoms with E-state index in [1.165, 1.54) is 0 Å². The Hall–Kier alpha value is -1.02. The minimum absolute atomic E-state index is 0.130. The van der Waals surface area contributed by atoms with Crippen molar-refractivity contribution >= 4 is 11.8 Å². The lowest BCUT2D eigenvalue weighted by atomic mass is 9.85. The molecule has 0 aromatic carbocycles. The molecule has 3 saturated heterocycles. The van der Waals surface area contributed by atoms with Gasteiger partial charge in [-0.15, -0.1) is 0 Å². The van der Waals surface area contributed by atoms with Gasteiger partial charge in [-0.05, 0) is 13.8 Å². The topological polar surface area (TPSA) is 83.1 Å². The van der Waals surface area contributed by atoms with Crippen LogP contribution in [0.1, 0.15) is 26.7 Å². The number of carbonyl (C=O) groups is 2. The van der Waals surface area contributed by atoms with Gasteiger partial charge in [0.2, 0.25) is 11.8 Å². The zero-order valence-corrected chi connectivity index (χ0v) is 11.6. The Morgan fingerprint density at radius 3 is 2.50 bits per heavy atom. The summed E-state index contributed by atoms with van der Waals surface area (Å²) in [6.07, 6.45) is -0.334. The van der Waals surface area contributed by atoms with Crippen LogP contribution in [0.2, 0.25) is 0 Å². The molecule has 0 aromatic heterocycles. The second-order valence-corrected chi connectivity index (χ2v) is 5.89. The molecule has 0 saturated carbocycles. The van der Waals surface area contributed by atoms with E-state index in [1.807, 2.05) is 13.8 Å². The summed E-state index contributed by atoms with van der Waals surface area (Å²) in [7, 11) is 0. The van der Waals surface area contributed by atoms with Crippen molar-refractivity contribution in [1.29, 1.82) is 0 Å². The molecule has 7 nitrogen and oxygen atoms in total. The van der Waals surface area contributed by atoms with Crippen molar-refractivity contribution in [1.82, 2.24) is 5.32 Å². The zero-order valence-electron chi connectivity index (χ0n) is 11.6. The minimum atomic E-state index is -0.718. The number of hydrogen-bond donors (Lipinski definition) is 1. The largest absolute Gasteiger partial charge is 0.349 e. The molecule has 3 atom stereocenters. The number of carbonyl (C=O) groups excluding carboxylic acids is 2. The third kappa shape index (κ3) is 2.71. The van der Waals surface area contributed by atoms with E-state index in [2.05, 4.69) is 5.32 Å². The lowest BCUT2D eigenvalue weighted by molar-refractivity contribution is -0.367. The van der Waals surface area contributed by atoms with E-state index in [9.17, 15) is 9.59 Å². The summed E-state index contributed by atoms with van der Waals surface area (Å²) in [6, 6.07) is 0. The van der Waals surface area contributed by atoms with E-state index in [1.54, 1.807) is 0 Å². The van der Waals surface area contributed by atoms with Crippen molar-refractivity contribution < 1.29 is 28.5 Å². The van der Waals surface area contributed by atoms with E-state index in [0.29, 0.717) is 6.61 Å². The first-order valence-corrected chi connectivity index (χ1v) is 6.82. The van der Waals surface area contributed by atoms with Crippen LogP contribution < -0.4 is 5.32 Å². The van der Waals surface area contributed by atoms with Gasteiger partial charge in [-0.25, -0.2) is 0 Å². The van der Waals surface area contributed by atoms with Gasteiger partial charge in [-0.1, -0.05) is 0 Å². The molecule has 0 spiro atoms. The van der Waals surface area contributed by atoms with E-state index in [-0.39, 0.29) is 55.7 Å². The predicted octanol–water partition coefficient (Wildman–Crippen LogP) is -0.0678. The highest BCUT2D eigenvalue weighted by Gasteiger charge is 2.48. The van der Waals surface area contributed by atoms with E-state index in [0.717, 1.165) is 0 Å². The van der Waals surface area contributed by atoms with Crippen LogP contribution in [0.5, 0.6) is 0 Å². The van der Waals surface area contributed by atoms with Crippen LogP contribution in [-0.2, 0) is 28.5 Å². The SMILES string of the molecule is CC1(C)OCC2OCOC(C3CC(=O)NC(=O)C3)C2O1. The molecule has 0 aromatic rings. The molecule has 112 valence electrons. The Bertz CT molecular complexity index is 407. The summed E-state index contributed by atoms with van der Waals surface area (Å²) in [5.74, 6) is -1.42. The molecule has 0 bridgehead atoms. The molecule has 3 heterocycles. The average molecular weight is 285 g/mol. The Morgan fingerprint density at radius 2 is 1.80 bits per heavy atom. The highest BCUT2D eigenvalue weighted by atomic mass is 16.8. The molecule has 3 rings (SSSR count). The molecule has 20 heavy (non-hydrogen) atoms. The Balaban J connectivity index is 1.77. The zero-order chi connectivity index (χ0) is 14.3. The van der Waals surface area contributed by atoms with Gasteiger partial charge in [-0.2, -0.15) is 0 Å². The normalized spacial score (nSPS) is 38.2. The minimum Gasteiger partial charge on any atom is -0.349 e. The van der Waals surface area contributed by atoms with Crippen molar-refractivity contribution in [2.24, 2.45) is 5.92 Å². The van der Waals surface area contributed by atoms with E-state index >= 15 is 0 Å². The highest BCUT2D eigenvalue weighted by molar-refractivity contribution is 5.97. The van der Waals surface area contributed by atoms with Crippen LogP contribution in [0.15, 0.2) is 0 Å². The van der Waals surface area contributed by atoms with Gasteiger partial charge in [0.05, 0.1) is 12.7 Å². The smallest absolute Gasteiger partial charge is 0.226 e. The maximum atomic E-state index is 11.5. The molecule has 1 N–H and O–H groups in total. The van der Waals surface area contributed by atoms with Gasteiger partial charge in [0.15, 0.2) is 5.79 Å². The first-order chi connectivity index (χ1) is 9.44. The summed E-state index contributed by atoms with van der Waals surface area (Å²) >= 11 is 0. The molecular formula is C13H19NO6.